The summed E-state index contributed by atoms with van der Waals surface area (Å²) < 4.78 is 5.28. The van der Waals surface area contributed by atoms with Gasteiger partial charge in [-0.1, -0.05) is 20.3 Å². The standard InChI is InChI=1S/C12H22N4O/c1-5-9(3)7-16(6-2)12-10(17-4)11(13)14-8-15-12/h8-9H,5-7H2,1-4H3,(H2,13,14,15). The Hall–Kier alpha value is -1.52. The number of nitrogen functional groups attached to an aromatic ring is 1. The van der Waals surface area contributed by atoms with Crippen LogP contribution in [-0.2, 0) is 0 Å². The average Bonchev–Trinajstić information content (AvgIpc) is 2.35. The van der Waals surface area contributed by atoms with E-state index in [0.29, 0.717) is 17.5 Å². The quantitative estimate of drug-likeness (QED) is 0.820. The summed E-state index contributed by atoms with van der Waals surface area (Å²) >= 11 is 0. The molecule has 0 saturated carbocycles. The number of hydrogen-bond donors (Lipinski definition) is 1. The fourth-order valence-electron chi connectivity index (χ4n) is 1.67. The van der Waals surface area contributed by atoms with E-state index in [9.17, 15) is 0 Å². The maximum atomic E-state index is 5.78. The van der Waals surface area contributed by atoms with Crippen LogP contribution in [0.2, 0.25) is 0 Å². The van der Waals surface area contributed by atoms with Gasteiger partial charge in [-0.3, -0.25) is 0 Å². The van der Waals surface area contributed by atoms with Crippen LogP contribution >= 0.6 is 0 Å². The molecule has 1 atom stereocenters. The predicted octanol–water partition coefficient (Wildman–Crippen LogP) is 1.94. The Morgan fingerprint density at radius 3 is 2.65 bits per heavy atom. The molecule has 0 radical (unpaired) electrons. The smallest absolute Gasteiger partial charge is 0.204 e. The van der Waals surface area contributed by atoms with E-state index < -0.39 is 0 Å². The van der Waals surface area contributed by atoms with Gasteiger partial charge in [-0.15, -0.1) is 0 Å². The number of nitrogens with two attached hydrogens (primary N) is 1. The molecule has 0 bridgehead atoms. The number of methoxy groups -OCH3 is 1. The lowest BCUT2D eigenvalue weighted by atomic mass is 10.1. The van der Waals surface area contributed by atoms with Gasteiger partial charge < -0.3 is 15.4 Å². The molecule has 17 heavy (non-hydrogen) atoms. The molecule has 2 N–H and O–H groups in total. The lowest BCUT2D eigenvalue weighted by Crippen LogP contribution is -2.29. The van der Waals surface area contributed by atoms with Gasteiger partial charge in [-0.25, -0.2) is 9.97 Å². The van der Waals surface area contributed by atoms with Crippen molar-refractivity contribution in [3.8, 4) is 5.75 Å². The second-order valence-electron chi connectivity index (χ2n) is 4.17. The Labute approximate surface area is 103 Å². The lowest BCUT2D eigenvalue weighted by molar-refractivity contribution is 0.411. The minimum Gasteiger partial charge on any atom is -0.490 e. The van der Waals surface area contributed by atoms with E-state index in [2.05, 4.69) is 35.6 Å². The number of anilines is 2. The van der Waals surface area contributed by atoms with Crippen LogP contribution in [0, 0.1) is 5.92 Å². The molecule has 1 aromatic rings. The van der Waals surface area contributed by atoms with Crippen molar-refractivity contribution < 1.29 is 4.74 Å². The molecule has 0 saturated heterocycles. The molecule has 0 aromatic carbocycles. The van der Waals surface area contributed by atoms with Crippen LogP contribution in [0.1, 0.15) is 27.2 Å². The Kier molecular flexibility index (Phi) is 5.00. The number of ether oxygens (including phenoxy) is 1. The largest absolute Gasteiger partial charge is 0.490 e. The molecule has 0 aliphatic carbocycles. The van der Waals surface area contributed by atoms with Crippen LogP contribution in [0.4, 0.5) is 11.6 Å². The summed E-state index contributed by atoms with van der Waals surface area (Å²) in [5.41, 5.74) is 5.78. The Morgan fingerprint density at radius 1 is 1.41 bits per heavy atom. The lowest BCUT2D eigenvalue weighted by Gasteiger charge is -2.26. The number of aromatic nitrogens is 2. The van der Waals surface area contributed by atoms with Crippen molar-refractivity contribution in [3.05, 3.63) is 6.33 Å². The maximum absolute atomic E-state index is 5.78. The normalized spacial score (nSPS) is 12.2. The van der Waals surface area contributed by atoms with Crippen molar-refractivity contribution in [2.75, 3.05) is 30.8 Å². The van der Waals surface area contributed by atoms with Gasteiger partial charge in [0.15, 0.2) is 11.6 Å². The fraction of sp³-hybridized carbons (Fsp3) is 0.667. The zero-order valence-electron chi connectivity index (χ0n) is 11.1. The SMILES string of the molecule is CCC(C)CN(CC)c1ncnc(N)c1OC. The van der Waals surface area contributed by atoms with Crippen molar-refractivity contribution in [2.24, 2.45) is 5.92 Å². The first-order chi connectivity index (χ1) is 8.13. The summed E-state index contributed by atoms with van der Waals surface area (Å²) in [7, 11) is 1.59. The summed E-state index contributed by atoms with van der Waals surface area (Å²) in [5, 5.41) is 0. The fourth-order valence-corrected chi connectivity index (χ4v) is 1.67. The number of nitrogens with zero attached hydrogens (tertiary/aromatic N) is 3. The molecule has 1 heterocycles. The van der Waals surface area contributed by atoms with Crippen LogP contribution in [0.15, 0.2) is 6.33 Å². The van der Waals surface area contributed by atoms with Crippen molar-refractivity contribution in [3.63, 3.8) is 0 Å². The zero-order valence-corrected chi connectivity index (χ0v) is 11.1. The van der Waals surface area contributed by atoms with Gasteiger partial charge in [0.2, 0.25) is 5.75 Å². The molecule has 5 nitrogen and oxygen atoms in total. The van der Waals surface area contributed by atoms with Crippen LogP contribution < -0.4 is 15.4 Å². The molecule has 0 spiro atoms. The Balaban J connectivity index is 2.98. The third-order valence-corrected chi connectivity index (χ3v) is 2.93. The predicted molar refractivity (Wildman–Crippen MR) is 70.3 cm³/mol. The first kappa shape index (κ1) is 13.5. The van der Waals surface area contributed by atoms with Gasteiger partial charge in [-0.2, -0.15) is 0 Å². The van der Waals surface area contributed by atoms with Crippen molar-refractivity contribution in [1.29, 1.82) is 0 Å². The minimum atomic E-state index is 0.389. The van der Waals surface area contributed by atoms with Gasteiger partial charge in [0.1, 0.15) is 6.33 Å². The van der Waals surface area contributed by atoms with Gasteiger partial charge in [0, 0.05) is 13.1 Å². The van der Waals surface area contributed by atoms with E-state index in [1.54, 1.807) is 7.11 Å². The first-order valence-electron chi connectivity index (χ1n) is 6.03. The highest BCUT2D eigenvalue weighted by molar-refractivity contribution is 5.62. The average molecular weight is 238 g/mol. The summed E-state index contributed by atoms with van der Waals surface area (Å²) in [6, 6.07) is 0. The highest BCUT2D eigenvalue weighted by Crippen LogP contribution is 2.30. The third-order valence-electron chi connectivity index (χ3n) is 2.93. The molecular formula is C12H22N4O. The number of hydrogen-bond acceptors (Lipinski definition) is 5. The second kappa shape index (κ2) is 6.27. The van der Waals surface area contributed by atoms with E-state index in [0.717, 1.165) is 25.3 Å². The molecule has 1 unspecified atom stereocenters. The second-order valence-corrected chi connectivity index (χ2v) is 4.17. The molecule has 0 fully saturated rings. The van der Waals surface area contributed by atoms with E-state index in [1.165, 1.54) is 6.33 Å². The van der Waals surface area contributed by atoms with Gasteiger partial charge in [0.05, 0.1) is 7.11 Å². The van der Waals surface area contributed by atoms with Gasteiger partial charge >= 0.3 is 0 Å². The van der Waals surface area contributed by atoms with Crippen LogP contribution in [-0.4, -0.2) is 30.2 Å². The zero-order chi connectivity index (χ0) is 12.8. The van der Waals surface area contributed by atoms with E-state index in [1.807, 2.05) is 0 Å². The number of rotatable bonds is 6. The van der Waals surface area contributed by atoms with Crippen LogP contribution in [0.5, 0.6) is 5.75 Å². The molecule has 5 heteroatoms. The van der Waals surface area contributed by atoms with Crippen molar-refractivity contribution >= 4 is 11.6 Å². The molecule has 0 aliphatic heterocycles. The molecule has 1 aromatic heterocycles. The molecule has 96 valence electrons. The summed E-state index contributed by atoms with van der Waals surface area (Å²) in [4.78, 5) is 10.4. The molecule has 0 aliphatic rings. The molecule has 1 rings (SSSR count). The Morgan fingerprint density at radius 2 is 2.12 bits per heavy atom. The highest BCUT2D eigenvalue weighted by Gasteiger charge is 2.17. The van der Waals surface area contributed by atoms with E-state index in [-0.39, 0.29) is 0 Å². The van der Waals surface area contributed by atoms with Crippen LogP contribution in [0.25, 0.3) is 0 Å². The van der Waals surface area contributed by atoms with Crippen molar-refractivity contribution in [1.82, 2.24) is 9.97 Å². The van der Waals surface area contributed by atoms with Gasteiger partial charge in [0.25, 0.3) is 0 Å². The van der Waals surface area contributed by atoms with Crippen LogP contribution in [0.3, 0.4) is 0 Å². The van der Waals surface area contributed by atoms with Gasteiger partial charge in [-0.05, 0) is 12.8 Å². The van der Waals surface area contributed by atoms with E-state index in [4.69, 9.17) is 10.5 Å². The highest BCUT2D eigenvalue weighted by atomic mass is 16.5. The molecule has 0 amide bonds. The van der Waals surface area contributed by atoms with E-state index >= 15 is 0 Å². The summed E-state index contributed by atoms with van der Waals surface area (Å²) in [5.74, 6) is 2.34. The third kappa shape index (κ3) is 3.22. The minimum absolute atomic E-state index is 0.389. The summed E-state index contributed by atoms with van der Waals surface area (Å²) in [6.07, 6.45) is 2.62. The summed E-state index contributed by atoms with van der Waals surface area (Å²) in [6.45, 7) is 8.32. The van der Waals surface area contributed by atoms with Crippen molar-refractivity contribution in [2.45, 2.75) is 27.2 Å². The first-order valence-corrected chi connectivity index (χ1v) is 6.03. The molecular weight excluding hydrogens is 216 g/mol. The monoisotopic (exact) mass is 238 g/mol. The topological polar surface area (TPSA) is 64.3 Å². The Bertz CT molecular complexity index is 356. The maximum Gasteiger partial charge on any atom is 0.204 e.